The lowest BCUT2D eigenvalue weighted by Crippen LogP contribution is -2.21. The maximum atomic E-state index is 12.9. The fraction of sp³-hybridized carbons (Fsp3) is 0.476. The molecule has 0 spiro atoms. The quantitative estimate of drug-likeness (QED) is 0.423. The van der Waals surface area contributed by atoms with E-state index in [0.717, 1.165) is 5.56 Å². The van der Waals surface area contributed by atoms with Gasteiger partial charge in [0.25, 0.3) is 0 Å². The molecule has 1 N–H and O–H groups in total. The van der Waals surface area contributed by atoms with Crippen LogP contribution < -0.4 is 0 Å². The minimum absolute atomic E-state index is 0.0336. The van der Waals surface area contributed by atoms with Crippen molar-refractivity contribution in [3.63, 3.8) is 0 Å². The molecule has 30 heavy (non-hydrogen) atoms. The molecular weight excluding hydrogens is 424 g/mol. The molecule has 2 rings (SSSR count). The van der Waals surface area contributed by atoms with Crippen molar-refractivity contribution in [1.29, 1.82) is 0 Å². The molecule has 0 aliphatic heterocycles. The molecule has 0 aliphatic carbocycles. The van der Waals surface area contributed by atoms with Crippen LogP contribution in [0.2, 0.25) is 0 Å². The molecule has 2 unspecified atom stereocenters. The topological polar surface area (TPSA) is 95.0 Å². The van der Waals surface area contributed by atoms with Crippen LogP contribution in [0, 0.1) is 0 Å². The fourth-order valence-corrected chi connectivity index (χ4v) is 5.02. The highest BCUT2D eigenvalue weighted by molar-refractivity contribution is 7.54. The summed E-state index contributed by atoms with van der Waals surface area (Å²) in [5.41, 5.74) is 1.66. The van der Waals surface area contributed by atoms with Crippen LogP contribution in [-0.4, -0.2) is 22.1 Å². The number of hydrogen-bond acceptors (Lipinski definition) is 6. The van der Waals surface area contributed by atoms with Gasteiger partial charge in [0.2, 0.25) is 0 Å². The van der Waals surface area contributed by atoms with Gasteiger partial charge in [-0.25, -0.2) is 0 Å². The Kier molecular flexibility index (Phi) is 8.58. The van der Waals surface area contributed by atoms with E-state index in [1.807, 2.05) is 30.3 Å². The van der Waals surface area contributed by atoms with Crippen LogP contribution in [0.25, 0.3) is 0 Å². The average molecular weight is 455 g/mol. The molecule has 1 heterocycles. The first-order valence-corrected chi connectivity index (χ1v) is 13.1. The summed E-state index contributed by atoms with van der Waals surface area (Å²) in [6, 6.07) is 12.6. The molecule has 1 aromatic carbocycles. The molecule has 0 amide bonds. The second-order valence-corrected chi connectivity index (χ2v) is 12.8. The van der Waals surface area contributed by atoms with Gasteiger partial charge in [0.05, 0.1) is 31.2 Å². The SMILES string of the molecule is CCOP(=O)(OCc1ccc(C(C)(C)P(=O)(O)OCc2ccccc2)nc1)C(C)C. The van der Waals surface area contributed by atoms with Crippen LogP contribution in [0.3, 0.4) is 0 Å². The van der Waals surface area contributed by atoms with E-state index in [0.29, 0.717) is 17.9 Å². The number of aromatic nitrogens is 1. The van der Waals surface area contributed by atoms with E-state index >= 15 is 0 Å². The lowest BCUT2D eigenvalue weighted by atomic mass is 10.1. The summed E-state index contributed by atoms with van der Waals surface area (Å²) in [4.78, 5) is 14.9. The van der Waals surface area contributed by atoms with Gasteiger partial charge in [0, 0.05) is 6.20 Å². The molecule has 2 aromatic rings. The lowest BCUT2D eigenvalue weighted by molar-refractivity contribution is 0.199. The second kappa shape index (κ2) is 10.3. The Hall–Kier alpha value is -1.33. The first kappa shape index (κ1) is 24.9. The van der Waals surface area contributed by atoms with Crippen molar-refractivity contribution in [3.8, 4) is 0 Å². The van der Waals surface area contributed by atoms with Crippen LogP contribution in [0.1, 0.15) is 51.4 Å². The summed E-state index contributed by atoms with van der Waals surface area (Å²) >= 11 is 0. The third-order valence-electron chi connectivity index (χ3n) is 4.76. The van der Waals surface area contributed by atoms with E-state index in [-0.39, 0.29) is 18.9 Å². The third-order valence-corrected chi connectivity index (χ3v) is 9.25. The van der Waals surface area contributed by atoms with Crippen LogP contribution in [-0.2, 0) is 41.1 Å². The molecule has 166 valence electrons. The lowest BCUT2D eigenvalue weighted by Gasteiger charge is -2.29. The summed E-state index contributed by atoms with van der Waals surface area (Å²) in [6.45, 7) is 9.00. The Bertz CT molecular complexity index is 899. The van der Waals surface area contributed by atoms with Crippen molar-refractivity contribution in [2.24, 2.45) is 0 Å². The molecule has 0 saturated heterocycles. The maximum Gasteiger partial charge on any atom is 0.339 e. The van der Waals surface area contributed by atoms with E-state index in [4.69, 9.17) is 13.6 Å². The number of benzene rings is 1. The molecular formula is C21H31NO6P2. The zero-order valence-electron chi connectivity index (χ0n) is 18.1. The van der Waals surface area contributed by atoms with E-state index < -0.39 is 20.3 Å². The smallest absolute Gasteiger partial charge is 0.324 e. The molecule has 0 saturated carbocycles. The molecule has 0 bridgehead atoms. The van der Waals surface area contributed by atoms with Gasteiger partial charge < -0.3 is 18.5 Å². The maximum absolute atomic E-state index is 12.9. The average Bonchev–Trinajstić information content (AvgIpc) is 2.72. The highest BCUT2D eigenvalue weighted by Crippen LogP contribution is 2.60. The van der Waals surface area contributed by atoms with Gasteiger partial charge in [0.15, 0.2) is 0 Å². The standard InChI is InChI=1S/C21H31NO6P2/c1-6-26-29(23,17(2)3)27-16-19-12-13-20(22-14-19)21(4,5)30(24,25)28-15-18-10-8-7-9-11-18/h7-14,17H,6,15-16H2,1-5H3,(H,24,25). The molecule has 2 atom stereocenters. The van der Waals surface area contributed by atoms with Gasteiger partial charge >= 0.3 is 15.2 Å². The third kappa shape index (κ3) is 6.10. The van der Waals surface area contributed by atoms with Crippen LogP contribution in [0.5, 0.6) is 0 Å². The minimum atomic E-state index is -4.02. The van der Waals surface area contributed by atoms with Gasteiger partial charge in [-0.15, -0.1) is 0 Å². The van der Waals surface area contributed by atoms with Gasteiger partial charge in [-0.2, -0.15) is 0 Å². The highest BCUT2D eigenvalue weighted by atomic mass is 31.2. The van der Waals surface area contributed by atoms with Crippen molar-refractivity contribution in [3.05, 3.63) is 65.5 Å². The fourth-order valence-electron chi connectivity index (χ4n) is 2.59. The van der Waals surface area contributed by atoms with Crippen LogP contribution >= 0.6 is 15.2 Å². The highest BCUT2D eigenvalue weighted by Gasteiger charge is 2.43. The van der Waals surface area contributed by atoms with E-state index in [1.54, 1.807) is 52.9 Å². The van der Waals surface area contributed by atoms with E-state index in [9.17, 15) is 14.0 Å². The van der Waals surface area contributed by atoms with E-state index in [1.165, 1.54) is 0 Å². The zero-order chi connectivity index (χ0) is 22.4. The van der Waals surface area contributed by atoms with Crippen molar-refractivity contribution < 1.29 is 27.6 Å². The van der Waals surface area contributed by atoms with Gasteiger partial charge in [-0.3, -0.25) is 14.1 Å². The Morgan fingerprint density at radius 2 is 1.60 bits per heavy atom. The molecule has 9 heteroatoms. The number of rotatable bonds is 11. The van der Waals surface area contributed by atoms with Gasteiger partial charge in [0.1, 0.15) is 5.16 Å². The van der Waals surface area contributed by atoms with Gasteiger partial charge in [-0.05, 0) is 38.0 Å². The normalized spacial score (nSPS) is 16.2. The Morgan fingerprint density at radius 3 is 2.13 bits per heavy atom. The monoisotopic (exact) mass is 455 g/mol. The summed E-state index contributed by atoms with van der Waals surface area (Å²) in [6.07, 6.45) is 1.55. The van der Waals surface area contributed by atoms with Crippen LogP contribution in [0.4, 0.5) is 0 Å². The molecule has 0 fully saturated rings. The summed E-state index contributed by atoms with van der Waals surface area (Å²) in [7, 11) is -7.22. The molecule has 1 aromatic heterocycles. The number of pyridine rings is 1. The Balaban J connectivity index is 2.07. The summed E-state index contributed by atoms with van der Waals surface area (Å²) < 4.78 is 41.9. The summed E-state index contributed by atoms with van der Waals surface area (Å²) in [5, 5.41) is -1.21. The molecule has 7 nitrogen and oxygen atoms in total. The Labute approximate surface area is 178 Å². The van der Waals surface area contributed by atoms with Crippen molar-refractivity contribution in [2.45, 2.75) is 58.6 Å². The first-order chi connectivity index (χ1) is 14.0. The largest absolute Gasteiger partial charge is 0.339 e. The van der Waals surface area contributed by atoms with Gasteiger partial charge in [-0.1, -0.05) is 50.2 Å². The number of nitrogens with zero attached hydrogens (tertiary/aromatic N) is 1. The molecule has 0 radical (unpaired) electrons. The van der Waals surface area contributed by atoms with Crippen LogP contribution in [0.15, 0.2) is 48.7 Å². The zero-order valence-corrected chi connectivity index (χ0v) is 19.9. The van der Waals surface area contributed by atoms with Crippen molar-refractivity contribution in [1.82, 2.24) is 4.98 Å². The predicted octanol–water partition coefficient (Wildman–Crippen LogP) is 5.87. The van der Waals surface area contributed by atoms with Crippen molar-refractivity contribution >= 4 is 15.2 Å². The molecule has 0 aliphatic rings. The summed E-state index contributed by atoms with van der Waals surface area (Å²) in [5.74, 6) is 0. The number of hydrogen-bond donors (Lipinski definition) is 1. The minimum Gasteiger partial charge on any atom is -0.324 e. The predicted molar refractivity (Wildman–Crippen MR) is 117 cm³/mol. The first-order valence-electron chi connectivity index (χ1n) is 9.87. The van der Waals surface area contributed by atoms with Crippen molar-refractivity contribution in [2.75, 3.05) is 6.61 Å². The Morgan fingerprint density at radius 1 is 0.967 bits per heavy atom. The van der Waals surface area contributed by atoms with E-state index in [2.05, 4.69) is 4.98 Å². The second-order valence-electron chi connectivity index (χ2n) is 7.71.